The Bertz CT molecular complexity index is 1630. The zero-order valence-corrected chi connectivity index (χ0v) is 24.6. The minimum absolute atomic E-state index is 0.0571. The third-order valence-electron chi connectivity index (χ3n) is 7.56. The summed E-state index contributed by atoms with van der Waals surface area (Å²) in [5, 5.41) is 16.1. The molecule has 1 heterocycles. The maximum absolute atomic E-state index is 14.4. The first-order valence-electron chi connectivity index (χ1n) is 14.6. The van der Waals surface area contributed by atoms with Crippen molar-refractivity contribution in [2.45, 2.75) is 37.8 Å². The molecule has 224 valence electrons. The zero-order chi connectivity index (χ0) is 30.8. The molecule has 0 spiro atoms. The number of aliphatic hydroxyl groups is 1. The molecule has 9 heteroatoms. The number of aryl methyl sites for hydroxylation is 1. The van der Waals surface area contributed by atoms with Gasteiger partial charge in [-0.1, -0.05) is 89.5 Å². The van der Waals surface area contributed by atoms with Gasteiger partial charge in [-0.05, 0) is 59.8 Å². The molecule has 5 rings (SSSR count). The molecule has 0 aliphatic carbocycles. The molecule has 4 aromatic carbocycles. The van der Waals surface area contributed by atoms with E-state index >= 15 is 0 Å². The summed E-state index contributed by atoms with van der Waals surface area (Å²) < 4.78 is 12.3. The van der Waals surface area contributed by atoms with Crippen molar-refractivity contribution in [1.82, 2.24) is 5.32 Å². The lowest BCUT2D eigenvalue weighted by atomic mass is 9.81. The van der Waals surface area contributed by atoms with Crippen LogP contribution in [0.4, 0.5) is 5.69 Å². The van der Waals surface area contributed by atoms with E-state index in [1.165, 1.54) is 5.56 Å². The summed E-state index contributed by atoms with van der Waals surface area (Å²) in [4.78, 5) is 22.5. The molecule has 0 bridgehead atoms. The quantitative estimate of drug-likeness (QED) is 0.0792. The number of amides is 1. The molecule has 1 amide bonds. The Kier molecular flexibility index (Phi) is 9.92. The lowest BCUT2D eigenvalue weighted by Crippen LogP contribution is -2.50. The average Bonchev–Trinajstić information content (AvgIpc) is 3.44. The molecule has 0 aromatic heterocycles. The summed E-state index contributed by atoms with van der Waals surface area (Å²) in [6, 6.07) is 32.3. The maximum Gasteiger partial charge on any atom is 0.252 e. The van der Waals surface area contributed by atoms with E-state index < -0.39 is 11.6 Å². The normalized spacial score (nSPS) is 17.2. The largest absolute Gasteiger partial charge is 0.494 e. The molecule has 1 aliphatic heterocycles. The van der Waals surface area contributed by atoms with E-state index in [1.807, 2.05) is 73.7 Å². The van der Waals surface area contributed by atoms with Crippen LogP contribution in [0, 0.1) is 6.92 Å². The Morgan fingerprint density at radius 3 is 2.48 bits per heavy atom. The van der Waals surface area contributed by atoms with Crippen LogP contribution < -0.4 is 10.1 Å². The summed E-state index contributed by atoms with van der Waals surface area (Å²) in [5.41, 5.74) is 12.7. The van der Waals surface area contributed by atoms with Crippen LogP contribution in [0.25, 0.3) is 10.4 Å². The first-order chi connectivity index (χ1) is 21.5. The first-order valence-corrected chi connectivity index (χ1v) is 14.6. The number of nitrogens with one attached hydrogen (secondary N) is 1. The van der Waals surface area contributed by atoms with Crippen molar-refractivity contribution in [3.05, 3.63) is 141 Å². The van der Waals surface area contributed by atoms with Crippen LogP contribution in [-0.2, 0) is 22.4 Å². The van der Waals surface area contributed by atoms with Crippen LogP contribution in [0.5, 0.6) is 5.75 Å². The van der Waals surface area contributed by atoms with Crippen LogP contribution in [0.2, 0.25) is 0 Å². The fraction of sp³-hybridized carbons (Fsp3) is 0.257. The number of aliphatic imine (C=N–C) groups is 1. The molecule has 0 fully saturated rings. The van der Waals surface area contributed by atoms with Gasteiger partial charge < -0.3 is 19.9 Å². The van der Waals surface area contributed by atoms with E-state index in [0.717, 1.165) is 11.1 Å². The molecule has 0 saturated carbocycles. The van der Waals surface area contributed by atoms with E-state index in [-0.39, 0.29) is 18.9 Å². The van der Waals surface area contributed by atoms with Gasteiger partial charge in [0.1, 0.15) is 5.75 Å². The molecule has 4 aromatic rings. The van der Waals surface area contributed by atoms with E-state index in [4.69, 9.17) is 19.6 Å². The topological polar surface area (TPSA) is 129 Å². The standard InChI is InChI=1S/C35H35N5O4/c1-25-12-14-26(15-13-25)20-21-37-34(42)35(24-29-10-5-6-11-31(29)39-40-36)32(27-8-3-2-4-9-27)44-33(38-35)28-16-18-30(19-17-28)43-23-7-22-41/h2-6,8-19,32,41H,7,20-24H2,1H3,(H,37,42)/t32-,35-/m1/s1. The van der Waals surface area contributed by atoms with E-state index in [9.17, 15) is 10.3 Å². The number of carbonyl (C=O) groups excluding carboxylic acids is 1. The van der Waals surface area contributed by atoms with Gasteiger partial charge in [0.2, 0.25) is 5.90 Å². The SMILES string of the molecule is Cc1ccc(CCNC(=O)[C@]2(Cc3ccccc3N=[N+]=[N-])N=C(c3ccc(OCCCO)cc3)O[C@@H]2c2ccccc2)cc1. The lowest BCUT2D eigenvalue weighted by Gasteiger charge is -2.31. The smallest absolute Gasteiger partial charge is 0.252 e. The molecule has 44 heavy (non-hydrogen) atoms. The van der Waals surface area contributed by atoms with Crippen LogP contribution >= 0.6 is 0 Å². The number of rotatable bonds is 13. The molecular formula is C35H35N5O4. The Balaban J connectivity index is 1.53. The Hall–Kier alpha value is -5.11. The fourth-order valence-electron chi connectivity index (χ4n) is 5.23. The average molecular weight is 590 g/mol. The van der Waals surface area contributed by atoms with E-state index in [1.54, 1.807) is 12.1 Å². The van der Waals surface area contributed by atoms with Gasteiger partial charge in [0.05, 0.1) is 6.61 Å². The highest BCUT2D eigenvalue weighted by Gasteiger charge is 2.53. The lowest BCUT2D eigenvalue weighted by molar-refractivity contribution is -0.128. The summed E-state index contributed by atoms with van der Waals surface area (Å²) in [7, 11) is 0. The van der Waals surface area contributed by atoms with Crippen molar-refractivity contribution in [3.63, 3.8) is 0 Å². The highest BCUT2D eigenvalue weighted by atomic mass is 16.5. The van der Waals surface area contributed by atoms with Gasteiger partial charge in [-0.2, -0.15) is 0 Å². The molecule has 0 unspecified atom stereocenters. The number of hydrogen-bond donors (Lipinski definition) is 2. The summed E-state index contributed by atoms with van der Waals surface area (Å²) in [6.07, 6.45) is 0.583. The minimum Gasteiger partial charge on any atom is -0.494 e. The number of hydrogen-bond acceptors (Lipinski definition) is 6. The fourth-order valence-corrected chi connectivity index (χ4v) is 5.23. The monoisotopic (exact) mass is 589 g/mol. The second-order valence-corrected chi connectivity index (χ2v) is 10.7. The number of benzene rings is 4. The second kappa shape index (κ2) is 14.4. The Morgan fingerprint density at radius 1 is 1.02 bits per heavy atom. The minimum atomic E-state index is -1.40. The van der Waals surface area contributed by atoms with Gasteiger partial charge in [-0.15, -0.1) is 0 Å². The van der Waals surface area contributed by atoms with Gasteiger partial charge in [0.25, 0.3) is 5.91 Å². The van der Waals surface area contributed by atoms with E-state index in [0.29, 0.717) is 54.5 Å². The van der Waals surface area contributed by atoms with Gasteiger partial charge in [-0.25, -0.2) is 4.99 Å². The third kappa shape index (κ3) is 7.09. The summed E-state index contributed by atoms with van der Waals surface area (Å²) >= 11 is 0. The van der Waals surface area contributed by atoms with Gasteiger partial charge in [0.15, 0.2) is 11.6 Å². The number of aliphatic hydroxyl groups excluding tert-OH is 1. The predicted molar refractivity (Wildman–Crippen MR) is 170 cm³/mol. The third-order valence-corrected chi connectivity index (χ3v) is 7.56. The first kappa shape index (κ1) is 30.4. The molecule has 1 aliphatic rings. The van der Waals surface area contributed by atoms with Crippen molar-refractivity contribution >= 4 is 17.5 Å². The van der Waals surface area contributed by atoms with Crippen LogP contribution in [0.3, 0.4) is 0 Å². The molecule has 0 radical (unpaired) electrons. The van der Waals surface area contributed by atoms with Crippen LogP contribution in [0.1, 0.15) is 40.3 Å². The molecular weight excluding hydrogens is 554 g/mol. The summed E-state index contributed by atoms with van der Waals surface area (Å²) in [5.74, 6) is 0.702. The Labute approximate surface area is 256 Å². The highest BCUT2D eigenvalue weighted by molar-refractivity contribution is 6.01. The number of carbonyl (C=O) groups is 1. The van der Waals surface area contributed by atoms with Crippen molar-refractivity contribution in [1.29, 1.82) is 0 Å². The molecule has 2 N–H and O–H groups in total. The van der Waals surface area contributed by atoms with Gasteiger partial charge >= 0.3 is 0 Å². The van der Waals surface area contributed by atoms with Crippen LogP contribution in [0.15, 0.2) is 113 Å². The molecule has 0 saturated heterocycles. The summed E-state index contributed by atoms with van der Waals surface area (Å²) in [6.45, 7) is 2.91. The second-order valence-electron chi connectivity index (χ2n) is 10.7. The van der Waals surface area contributed by atoms with Crippen molar-refractivity contribution in [2.24, 2.45) is 10.1 Å². The maximum atomic E-state index is 14.4. The van der Waals surface area contributed by atoms with Crippen LogP contribution in [-0.4, -0.2) is 42.2 Å². The predicted octanol–water partition coefficient (Wildman–Crippen LogP) is 6.56. The highest BCUT2D eigenvalue weighted by Crippen LogP contribution is 2.43. The molecule has 2 atom stereocenters. The number of ether oxygens (including phenoxy) is 2. The van der Waals surface area contributed by atoms with Crippen molar-refractivity contribution < 1.29 is 19.4 Å². The van der Waals surface area contributed by atoms with E-state index in [2.05, 4.69) is 39.6 Å². The van der Waals surface area contributed by atoms with Gasteiger partial charge in [0, 0.05) is 42.2 Å². The van der Waals surface area contributed by atoms with Gasteiger partial charge in [-0.3, -0.25) is 4.79 Å². The molecule has 9 nitrogen and oxygen atoms in total. The number of nitrogens with zero attached hydrogens (tertiary/aromatic N) is 4. The Morgan fingerprint density at radius 2 is 1.75 bits per heavy atom. The van der Waals surface area contributed by atoms with Crippen molar-refractivity contribution in [3.8, 4) is 5.75 Å². The zero-order valence-electron chi connectivity index (χ0n) is 24.6. The number of azide groups is 1. The van der Waals surface area contributed by atoms with Crippen molar-refractivity contribution in [2.75, 3.05) is 19.8 Å².